The van der Waals surface area contributed by atoms with Crippen LogP contribution in [0.15, 0.2) is 54.6 Å². The fraction of sp³-hybridized carbons (Fsp3) is 0.385. The van der Waals surface area contributed by atoms with Crippen molar-refractivity contribution in [3.8, 4) is 0 Å². The normalized spacial score (nSPS) is 15.3. The first-order valence-corrected chi connectivity index (χ1v) is 11.4. The minimum Gasteiger partial charge on any atom is -0.467 e. The van der Waals surface area contributed by atoms with E-state index in [0.29, 0.717) is 12.0 Å². The summed E-state index contributed by atoms with van der Waals surface area (Å²) in [6, 6.07) is 16.8. The number of benzene rings is 2. The standard InChI is InChI=1S/C26H31N3O4/c1-19-24(25(30)27-22(26(31)32-2)18-20-8-4-3-5-9-20)21-10-6-7-11-23(21)29(19)13-12-28-14-16-33-17-15-28/h3-11,22H,12-18H2,1-2H3,(H,27,30)/t22-/m0/s1. The Kier molecular flexibility index (Phi) is 7.42. The second-order valence-corrected chi connectivity index (χ2v) is 8.32. The van der Waals surface area contributed by atoms with Crippen LogP contribution in [0.4, 0.5) is 0 Å². The van der Waals surface area contributed by atoms with Crippen LogP contribution >= 0.6 is 0 Å². The zero-order valence-electron chi connectivity index (χ0n) is 19.3. The number of fused-ring (bicyclic) bond motifs is 1. The Balaban J connectivity index is 1.58. The van der Waals surface area contributed by atoms with Crippen molar-refractivity contribution in [2.75, 3.05) is 40.0 Å². The molecule has 1 aliphatic rings. The van der Waals surface area contributed by atoms with Crippen LogP contribution in [-0.2, 0) is 27.2 Å². The lowest BCUT2D eigenvalue weighted by Crippen LogP contribution is -2.43. The summed E-state index contributed by atoms with van der Waals surface area (Å²) in [5.41, 5.74) is 3.48. The van der Waals surface area contributed by atoms with Gasteiger partial charge in [0.25, 0.3) is 5.91 Å². The molecule has 33 heavy (non-hydrogen) atoms. The lowest BCUT2D eigenvalue weighted by atomic mass is 10.0. The molecular formula is C26H31N3O4. The largest absolute Gasteiger partial charge is 0.467 e. The van der Waals surface area contributed by atoms with Gasteiger partial charge in [0.15, 0.2) is 0 Å². The minimum absolute atomic E-state index is 0.264. The number of para-hydroxylation sites is 1. The summed E-state index contributed by atoms with van der Waals surface area (Å²) in [5.74, 6) is -0.721. The average Bonchev–Trinajstić information content (AvgIpc) is 3.14. The number of methoxy groups -OCH3 is 1. The molecule has 2 heterocycles. The highest BCUT2D eigenvalue weighted by molar-refractivity contribution is 6.09. The Morgan fingerprint density at radius 3 is 2.45 bits per heavy atom. The van der Waals surface area contributed by atoms with Crippen LogP contribution in [0, 0.1) is 6.92 Å². The van der Waals surface area contributed by atoms with Crippen LogP contribution in [0.1, 0.15) is 21.6 Å². The maximum Gasteiger partial charge on any atom is 0.328 e. The van der Waals surface area contributed by atoms with Gasteiger partial charge in [-0.2, -0.15) is 0 Å². The molecule has 7 nitrogen and oxygen atoms in total. The Bertz CT molecular complexity index is 1100. The van der Waals surface area contributed by atoms with Crippen molar-refractivity contribution in [1.82, 2.24) is 14.8 Å². The fourth-order valence-electron chi connectivity index (χ4n) is 4.49. The van der Waals surface area contributed by atoms with Gasteiger partial charge >= 0.3 is 5.97 Å². The lowest BCUT2D eigenvalue weighted by molar-refractivity contribution is -0.142. The molecule has 0 radical (unpaired) electrons. The number of carbonyl (C=O) groups is 2. The van der Waals surface area contributed by atoms with Gasteiger partial charge in [-0.25, -0.2) is 4.79 Å². The maximum absolute atomic E-state index is 13.5. The van der Waals surface area contributed by atoms with Gasteiger partial charge in [-0.05, 0) is 18.6 Å². The summed E-state index contributed by atoms with van der Waals surface area (Å²) >= 11 is 0. The van der Waals surface area contributed by atoms with Crippen LogP contribution < -0.4 is 5.32 Å². The molecule has 7 heteroatoms. The van der Waals surface area contributed by atoms with Gasteiger partial charge in [-0.15, -0.1) is 0 Å². The molecule has 0 saturated carbocycles. The number of nitrogens with one attached hydrogen (secondary N) is 1. The minimum atomic E-state index is -0.764. The van der Waals surface area contributed by atoms with Crippen LogP contribution in [0.2, 0.25) is 0 Å². The van der Waals surface area contributed by atoms with Crippen molar-refractivity contribution >= 4 is 22.8 Å². The summed E-state index contributed by atoms with van der Waals surface area (Å²) in [4.78, 5) is 28.3. The first-order valence-electron chi connectivity index (χ1n) is 11.4. The number of hydrogen-bond donors (Lipinski definition) is 1. The number of rotatable bonds is 8. The van der Waals surface area contributed by atoms with E-state index >= 15 is 0 Å². The van der Waals surface area contributed by atoms with E-state index in [0.717, 1.165) is 61.6 Å². The Hall–Kier alpha value is -3.16. The number of hydrogen-bond acceptors (Lipinski definition) is 5. The van der Waals surface area contributed by atoms with Crippen molar-refractivity contribution in [2.45, 2.75) is 25.9 Å². The molecule has 174 valence electrons. The number of esters is 1. The number of carbonyl (C=O) groups excluding carboxylic acids is 2. The molecule has 0 unspecified atom stereocenters. The van der Waals surface area contributed by atoms with Crippen molar-refractivity contribution < 1.29 is 19.1 Å². The van der Waals surface area contributed by atoms with E-state index in [4.69, 9.17) is 9.47 Å². The van der Waals surface area contributed by atoms with Crippen molar-refractivity contribution in [2.24, 2.45) is 0 Å². The van der Waals surface area contributed by atoms with E-state index in [1.807, 2.05) is 61.5 Å². The molecule has 3 aromatic rings. The zero-order chi connectivity index (χ0) is 23.2. The van der Waals surface area contributed by atoms with Gasteiger partial charge in [-0.1, -0.05) is 48.5 Å². The molecule has 1 aromatic heterocycles. The second-order valence-electron chi connectivity index (χ2n) is 8.32. The van der Waals surface area contributed by atoms with Crippen LogP contribution in [0.25, 0.3) is 10.9 Å². The Morgan fingerprint density at radius 2 is 1.73 bits per heavy atom. The molecule has 1 N–H and O–H groups in total. The quantitative estimate of drug-likeness (QED) is 0.536. The van der Waals surface area contributed by atoms with E-state index in [-0.39, 0.29) is 5.91 Å². The summed E-state index contributed by atoms with van der Waals surface area (Å²) in [6.45, 7) is 7.01. The first kappa shape index (κ1) is 23.0. The smallest absolute Gasteiger partial charge is 0.328 e. The molecule has 0 spiro atoms. The third-order valence-electron chi connectivity index (χ3n) is 6.28. The van der Waals surface area contributed by atoms with Crippen LogP contribution in [-0.4, -0.2) is 67.3 Å². The van der Waals surface area contributed by atoms with E-state index in [9.17, 15) is 9.59 Å². The van der Waals surface area contributed by atoms with Gasteiger partial charge in [0.2, 0.25) is 0 Å². The van der Waals surface area contributed by atoms with Gasteiger partial charge in [0.05, 0.1) is 25.9 Å². The number of ether oxygens (including phenoxy) is 2. The lowest BCUT2D eigenvalue weighted by Gasteiger charge is -2.27. The topological polar surface area (TPSA) is 72.8 Å². The highest BCUT2D eigenvalue weighted by Gasteiger charge is 2.26. The third-order valence-corrected chi connectivity index (χ3v) is 6.28. The Morgan fingerprint density at radius 1 is 1.03 bits per heavy atom. The van der Waals surface area contributed by atoms with Gasteiger partial charge < -0.3 is 19.4 Å². The van der Waals surface area contributed by atoms with Crippen LogP contribution in [0.5, 0.6) is 0 Å². The molecule has 0 aliphatic carbocycles. The highest BCUT2D eigenvalue weighted by atomic mass is 16.5. The van der Waals surface area contributed by atoms with E-state index in [1.165, 1.54) is 7.11 Å². The molecule has 4 rings (SSSR count). The molecule has 1 fully saturated rings. The third kappa shape index (κ3) is 5.26. The van der Waals surface area contributed by atoms with E-state index in [1.54, 1.807) is 0 Å². The molecule has 1 atom stereocenters. The zero-order valence-corrected chi connectivity index (χ0v) is 19.3. The molecular weight excluding hydrogens is 418 g/mol. The maximum atomic E-state index is 13.5. The molecule has 2 aromatic carbocycles. The monoisotopic (exact) mass is 449 g/mol. The van der Waals surface area contributed by atoms with Crippen molar-refractivity contribution in [1.29, 1.82) is 0 Å². The van der Waals surface area contributed by atoms with Gasteiger partial charge in [0.1, 0.15) is 6.04 Å². The number of morpholine rings is 1. The highest BCUT2D eigenvalue weighted by Crippen LogP contribution is 2.26. The number of nitrogens with zero attached hydrogens (tertiary/aromatic N) is 2. The molecule has 0 bridgehead atoms. The van der Waals surface area contributed by atoms with E-state index in [2.05, 4.69) is 14.8 Å². The molecule has 1 aliphatic heterocycles. The fourth-order valence-corrected chi connectivity index (χ4v) is 4.49. The number of aromatic nitrogens is 1. The van der Waals surface area contributed by atoms with Crippen molar-refractivity contribution in [3.05, 3.63) is 71.4 Å². The summed E-state index contributed by atoms with van der Waals surface area (Å²) < 4.78 is 12.6. The predicted molar refractivity (Wildman–Crippen MR) is 127 cm³/mol. The Labute approximate surface area is 194 Å². The molecule has 1 saturated heterocycles. The summed E-state index contributed by atoms with van der Waals surface area (Å²) in [6.07, 6.45) is 0.369. The summed E-state index contributed by atoms with van der Waals surface area (Å²) in [7, 11) is 1.34. The van der Waals surface area contributed by atoms with Gasteiger partial charge in [-0.3, -0.25) is 9.69 Å². The first-order chi connectivity index (χ1) is 16.1. The second kappa shape index (κ2) is 10.6. The molecule has 1 amide bonds. The van der Waals surface area contributed by atoms with Crippen molar-refractivity contribution in [3.63, 3.8) is 0 Å². The number of amides is 1. The predicted octanol–water partition coefficient (Wildman–Crippen LogP) is 2.80. The SMILES string of the molecule is COC(=O)[C@H](Cc1ccccc1)NC(=O)c1c(C)n(CCN2CCOCC2)c2ccccc12. The average molecular weight is 450 g/mol. The van der Waals surface area contributed by atoms with Crippen LogP contribution in [0.3, 0.4) is 0 Å². The summed E-state index contributed by atoms with van der Waals surface area (Å²) in [5, 5.41) is 3.82. The van der Waals surface area contributed by atoms with E-state index < -0.39 is 12.0 Å². The van der Waals surface area contributed by atoms with Gasteiger partial charge in [0, 0.05) is 49.2 Å².